The molecule has 0 aromatic heterocycles. The van der Waals surface area contributed by atoms with Crippen molar-refractivity contribution in [1.29, 1.82) is 0 Å². The molecule has 1 aromatic rings. The van der Waals surface area contributed by atoms with E-state index in [1.807, 2.05) is 0 Å². The second-order valence-corrected chi connectivity index (χ2v) is 4.33. The molecule has 0 heterocycles. The first-order valence-corrected chi connectivity index (χ1v) is 5.01. The molecule has 86 valence electrons. The number of amides is 2. The van der Waals surface area contributed by atoms with Gasteiger partial charge in [-0.3, -0.25) is 9.59 Å². The summed E-state index contributed by atoms with van der Waals surface area (Å²) in [6.07, 6.45) is 0.206. The SMILES string of the molecule is CC(C)(C(N)=O)c1ccc(CC(N)=O)cc1. The zero-order chi connectivity index (χ0) is 12.3. The second-order valence-electron chi connectivity index (χ2n) is 4.33. The van der Waals surface area contributed by atoms with Crippen LogP contribution in [-0.2, 0) is 21.4 Å². The third kappa shape index (κ3) is 2.59. The van der Waals surface area contributed by atoms with Gasteiger partial charge in [0, 0.05) is 0 Å². The molecule has 1 aromatic carbocycles. The number of rotatable bonds is 4. The number of carbonyl (C=O) groups is 2. The van der Waals surface area contributed by atoms with Crippen LogP contribution in [0.15, 0.2) is 24.3 Å². The average Bonchev–Trinajstić information content (AvgIpc) is 2.17. The Bertz CT molecular complexity index is 408. The Morgan fingerprint density at radius 3 is 2.00 bits per heavy atom. The summed E-state index contributed by atoms with van der Waals surface area (Å²) in [4.78, 5) is 21.9. The molecule has 0 aliphatic heterocycles. The van der Waals surface area contributed by atoms with Crippen molar-refractivity contribution in [2.45, 2.75) is 25.7 Å². The molecule has 16 heavy (non-hydrogen) atoms. The topological polar surface area (TPSA) is 86.2 Å². The minimum atomic E-state index is -0.703. The van der Waals surface area contributed by atoms with E-state index in [2.05, 4.69) is 0 Å². The van der Waals surface area contributed by atoms with Crippen LogP contribution in [0, 0.1) is 0 Å². The molecule has 0 saturated carbocycles. The number of primary amides is 2. The Kier molecular flexibility index (Phi) is 3.32. The molecule has 0 aliphatic carbocycles. The van der Waals surface area contributed by atoms with Gasteiger partial charge in [-0.15, -0.1) is 0 Å². The van der Waals surface area contributed by atoms with Crippen LogP contribution in [0.5, 0.6) is 0 Å². The van der Waals surface area contributed by atoms with E-state index in [-0.39, 0.29) is 18.2 Å². The van der Waals surface area contributed by atoms with Crippen molar-refractivity contribution < 1.29 is 9.59 Å². The first-order valence-electron chi connectivity index (χ1n) is 5.01. The van der Waals surface area contributed by atoms with Crippen molar-refractivity contribution in [3.8, 4) is 0 Å². The van der Waals surface area contributed by atoms with Gasteiger partial charge in [-0.05, 0) is 25.0 Å². The Labute approximate surface area is 94.6 Å². The molecule has 4 nitrogen and oxygen atoms in total. The van der Waals surface area contributed by atoms with Crippen LogP contribution in [0.25, 0.3) is 0 Å². The maximum atomic E-state index is 11.2. The Morgan fingerprint density at radius 1 is 1.12 bits per heavy atom. The van der Waals surface area contributed by atoms with E-state index in [1.54, 1.807) is 38.1 Å². The number of benzene rings is 1. The van der Waals surface area contributed by atoms with E-state index in [0.29, 0.717) is 0 Å². The average molecular weight is 220 g/mol. The van der Waals surface area contributed by atoms with E-state index >= 15 is 0 Å². The highest BCUT2D eigenvalue weighted by Gasteiger charge is 2.26. The summed E-state index contributed by atoms with van der Waals surface area (Å²) in [5, 5.41) is 0. The minimum absolute atomic E-state index is 0.206. The van der Waals surface area contributed by atoms with Gasteiger partial charge in [0.15, 0.2) is 0 Å². The molecule has 4 N–H and O–H groups in total. The summed E-state index contributed by atoms with van der Waals surface area (Å²) in [5.74, 6) is -0.753. The van der Waals surface area contributed by atoms with Crippen molar-refractivity contribution in [3.63, 3.8) is 0 Å². The largest absolute Gasteiger partial charge is 0.369 e. The lowest BCUT2D eigenvalue weighted by molar-refractivity contribution is -0.122. The third-order valence-corrected chi connectivity index (χ3v) is 2.67. The number of hydrogen-bond donors (Lipinski definition) is 2. The summed E-state index contributed by atoms with van der Waals surface area (Å²) in [5.41, 5.74) is 11.3. The number of carbonyl (C=O) groups excluding carboxylic acids is 2. The smallest absolute Gasteiger partial charge is 0.227 e. The maximum absolute atomic E-state index is 11.2. The first-order chi connectivity index (χ1) is 7.34. The van der Waals surface area contributed by atoms with Gasteiger partial charge in [0.05, 0.1) is 11.8 Å². The summed E-state index contributed by atoms with van der Waals surface area (Å²) in [6, 6.07) is 7.15. The molecule has 0 saturated heterocycles. The summed E-state index contributed by atoms with van der Waals surface area (Å²) >= 11 is 0. The van der Waals surface area contributed by atoms with Crippen molar-refractivity contribution in [2.75, 3.05) is 0 Å². The lowest BCUT2D eigenvalue weighted by Gasteiger charge is -2.21. The van der Waals surface area contributed by atoms with Gasteiger partial charge in [0.1, 0.15) is 0 Å². The number of hydrogen-bond acceptors (Lipinski definition) is 2. The van der Waals surface area contributed by atoms with Gasteiger partial charge >= 0.3 is 0 Å². The molecule has 0 atom stereocenters. The molecule has 4 heteroatoms. The van der Waals surface area contributed by atoms with E-state index < -0.39 is 5.41 Å². The fraction of sp³-hybridized carbons (Fsp3) is 0.333. The first kappa shape index (κ1) is 12.2. The number of nitrogens with two attached hydrogens (primary N) is 2. The summed E-state index contributed by atoms with van der Waals surface area (Å²) in [7, 11) is 0. The third-order valence-electron chi connectivity index (χ3n) is 2.67. The van der Waals surface area contributed by atoms with Crippen LogP contribution in [0.2, 0.25) is 0 Å². The molecular weight excluding hydrogens is 204 g/mol. The van der Waals surface area contributed by atoms with E-state index in [4.69, 9.17) is 11.5 Å². The van der Waals surface area contributed by atoms with Crippen molar-refractivity contribution in [1.82, 2.24) is 0 Å². The highest BCUT2D eigenvalue weighted by molar-refractivity contribution is 5.85. The van der Waals surface area contributed by atoms with Crippen molar-refractivity contribution >= 4 is 11.8 Å². The highest BCUT2D eigenvalue weighted by Crippen LogP contribution is 2.22. The fourth-order valence-corrected chi connectivity index (χ4v) is 1.38. The fourth-order valence-electron chi connectivity index (χ4n) is 1.38. The Balaban J connectivity index is 2.95. The van der Waals surface area contributed by atoms with Crippen molar-refractivity contribution in [2.24, 2.45) is 11.5 Å². The standard InChI is InChI=1S/C12H16N2O2/c1-12(2,11(14)16)9-5-3-8(4-6-9)7-10(13)15/h3-6H,7H2,1-2H3,(H2,13,15)(H2,14,16). The quantitative estimate of drug-likeness (QED) is 0.773. The molecule has 0 bridgehead atoms. The van der Waals surface area contributed by atoms with Gasteiger partial charge in [-0.25, -0.2) is 0 Å². The highest BCUT2D eigenvalue weighted by atomic mass is 16.1. The van der Waals surface area contributed by atoms with Crippen LogP contribution in [0.4, 0.5) is 0 Å². The van der Waals surface area contributed by atoms with Crippen LogP contribution < -0.4 is 11.5 Å². The maximum Gasteiger partial charge on any atom is 0.227 e. The predicted octanol–water partition coefficient (Wildman–Crippen LogP) is 0.477. The minimum Gasteiger partial charge on any atom is -0.369 e. The summed E-state index contributed by atoms with van der Waals surface area (Å²) < 4.78 is 0. The lowest BCUT2D eigenvalue weighted by Crippen LogP contribution is -2.35. The van der Waals surface area contributed by atoms with Crippen LogP contribution in [0.3, 0.4) is 0 Å². The van der Waals surface area contributed by atoms with E-state index in [9.17, 15) is 9.59 Å². The molecule has 0 radical (unpaired) electrons. The molecule has 0 spiro atoms. The molecule has 0 unspecified atom stereocenters. The van der Waals surface area contributed by atoms with Crippen LogP contribution >= 0.6 is 0 Å². The second kappa shape index (κ2) is 4.35. The normalized spacial score (nSPS) is 11.1. The molecule has 0 aliphatic rings. The van der Waals surface area contributed by atoms with Gasteiger partial charge in [0.2, 0.25) is 11.8 Å². The zero-order valence-corrected chi connectivity index (χ0v) is 9.49. The van der Waals surface area contributed by atoms with Gasteiger partial charge < -0.3 is 11.5 Å². The van der Waals surface area contributed by atoms with Gasteiger partial charge in [0.25, 0.3) is 0 Å². The molecule has 1 rings (SSSR count). The monoisotopic (exact) mass is 220 g/mol. The molecule has 0 fully saturated rings. The summed E-state index contributed by atoms with van der Waals surface area (Å²) in [6.45, 7) is 3.52. The van der Waals surface area contributed by atoms with Crippen molar-refractivity contribution in [3.05, 3.63) is 35.4 Å². The zero-order valence-electron chi connectivity index (χ0n) is 9.49. The molecular formula is C12H16N2O2. The van der Waals surface area contributed by atoms with Gasteiger partial charge in [-0.1, -0.05) is 24.3 Å². The predicted molar refractivity (Wildman–Crippen MR) is 61.6 cm³/mol. The van der Waals surface area contributed by atoms with E-state index in [0.717, 1.165) is 11.1 Å². The Morgan fingerprint density at radius 2 is 1.62 bits per heavy atom. The van der Waals surface area contributed by atoms with Crippen LogP contribution in [-0.4, -0.2) is 11.8 Å². The molecule has 2 amide bonds. The lowest BCUT2D eigenvalue weighted by atomic mass is 9.83. The van der Waals surface area contributed by atoms with E-state index in [1.165, 1.54) is 0 Å². The Hall–Kier alpha value is -1.84. The van der Waals surface area contributed by atoms with Gasteiger partial charge in [-0.2, -0.15) is 0 Å². The van der Waals surface area contributed by atoms with Crippen LogP contribution in [0.1, 0.15) is 25.0 Å².